The number of rotatable bonds is 7. The van der Waals surface area contributed by atoms with Crippen LogP contribution in [0.4, 0.5) is 5.82 Å². The van der Waals surface area contributed by atoms with Crippen LogP contribution in [0.3, 0.4) is 0 Å². The van der Waals surface area contributed by atoms with E-state index in [1.54, 1.807) is 12.4 Å². The lowest BCUT2D eigenvalue weighted by Gasteiger charge is -2.15. The summed E-state index contributed by atoms with van der Waals surface area (Å²) in [6, 6.07) is 3.88. The van der Waals surface area contributed by atoms with E-state index in [-0.39, 0.29) is 0 Å². The molecule has 0 saturated heterocycles. The minimum absolute atomic E-state index is 0.599. The summed E-state index contributed by atoms with van der Waals surface area (Å²) >= 11 is 5.83. The quantitative estimate of drug-likeness (QED) is 0.788. The predicted octanol–water partition coefficient (Wildman–Crippen LogP) is 3.48. The number of anilines is 1. The molecule has 1 N–H and O–H groups in total. The third kappa shape index (κ3) is 4.03. The minimum atomic E-state index is 0.599. The van der Waals surface area contributed by atoms with E-state index in [9.17, 15) is 0 Å². The molecule has 19 heavy (non-hydrogen) atoms. The van der Waals surface area contributed by atoms with Gasteiger partial charge >= 0.3 is 0 Å². The summed E-state index contributed by atoms with van der Waals surface area (Å²) in [4.78, 5) is 12.9. The lowest BCUT2D eigenvalue weighted by molar-refractivity contribution is 0.490. The van der Waals surface area contributed by atoms with Crippen molar-refractivity contribution >= 4 is 28.6 Å². The summed E-state index contributed by atoms with van der Waals surface area (Å²) in [6.45, 7) is 3.10. The van der Waals surface area contributed by atoms with Crippen LogP contribution in [0.15, 0.2) is 24.5 Å². The largest absolute Gasteiger partial charge is 0.370 e. The second-order valence-corrected chi connectivity index (χ2v) is 4.99. The molecule has 0 aliphatic carbocycles. The van der Waals surface area contributed by atoms with Crippen LogP contribution in [0.2, 0.25) is 0 Å². The van der Waals surface area contributed by atoms with E-state index >= 15 is 0 Å². The molecule has 0 aromatic carbocycles. The number of halogens is 1. The monoisotopic (exact) mass is 278 g/mol. The van der Waals surface area contributed by atoms with Gasteiger partial charge in [-0.2, -0.15) is 0 Å². The molecule has 2 aromatic rings. The Morgan fingerprint density at radius 2 is 2.05 bits per heavy atom. The minimum Gasteiger partial charge on any atom is -0.370 e. The summed E-state index contributed by atoms with van der Waals surface area (Å²) in [5, 5.41) is 3.37. The second-order valence-electron chi connectivity index (χ2n) is 4.61. The van der Waals surface area contributed by atoms with Crippen LogP contribution in [0.25, 0.3) is 11.2 Å². The van der Waals surface area contributed by atoms with Gasteiger partial charge in [0.1, 0.15) is 11.3 Å². The second kappa shape index (κ2) is 7.24. The summed E-state index contributed by atoms with van der Waals surface area (Å²) < 4.78 is 0. The molecule has 0 radical (unpaired) electrons. The molecule has 1 atom stereocenters. The Balaban J connectivity index is 2.00. The molecule has 2 aromatic heterocycles. The third-order valence-corrected chi connectivity index (χ3v) is 3.34. The van der Waals surface area contributed by atoms with Crippen molar-refractivity contribution in [2.75, 3.05) is 17.7 Å². The van der Waals surface area contributed by atoms with Crippen LogP contribution >= 0.6 is 11.6 Å². The molecule has 2 rings (SSSR count). The van der Waals surface area contributed by atoms with Crippen molar-refractivity contribution in [1.29, 1.82) is 0 Å². The van der Waals surface area contributed by atoms with Crippen molar-refractivity contribution in [2.45, 2.75) is 26.2 Å². The highest BCUT2D eigenvalue weighted by Gasteiger charge is 2.07. The summed E-state index contributed by atoms with van der Waals surface area (Å²) in [5.74, 6) is 2.16. The fourth-order valence-corrected chi connectivity index (χ4v) is 2.42. The smallest absolute Gasteiger partial charge is 0.180 e. The van der Waals surface area contributed by atoms with Crippen molar-refractivity contribution in [3.8, 4) is 0 Å². The standard InChI is InChI=1S/C14H19ClN4/c1-2-3-11(6-7-15)10-18-13-5-4-12-14(19-13)17-9-8-16-12/h4-5,8-9,11H,2-3,6-7,10H2,1H3,(H,17,18,19). The van der Waals surface area contributed by atoms with Gasteiger partial charge in [-0.05, 0) is 30.9 Å². The van der Waals surface area contributed by atoms with Crippen LogP contribution < -0.4 is 5.32 Å². The number of hydrogen-bond donors (Lipinski definition) is 1. The molecular formula is C14H19ClN4. The van der Waals surface area contributed by atoms with Gasteiger partial charge in [0.2, 0.25) is 0 Å². The van der Waals surface area contributed by atoms with Gasteiger partial charge in [-0.25, -0.2) is 9.97 Å². The van der Waals surface area contributed by atoms with E-state index in [2.05, 4.69) is 27.2 Å². The van der Waals surface area contributed by atoms with Gasteiger partial charge in [0, 0.05) is 24.8 Å². The van der Waals surface area contributed by atoms with Gasteiger partial charge in [0.15, 0.2) is 5.65 Å². The van der Waals surface area contributed by atoms with Crippen LogP contribution in [-0.4, -0.2) is 27.4 Å². The number of alkyl halides is 1. The molecule has 0 aliphatic heterocycles. The van der Waals surface area contributed by atoms with Crippen LogP contribution in [0.1, 0.15) is 26.2 Å². The average Bonchev–Trinajstić information content (AvgIpc) is 2.45. The van der Waals surface area contributed by atoms with E-state index in [1.807, 2.05) is 12.1 Å². The maximum absolute atomic E-state index is 5.83. The van der Waals surface area contributed by atoms with Crippen molar-refractivity contribution in [1.82, 2.24) is 15.0 Å². The molecule has 102 valence electrons. The van der Waals surface area contributed by atoms with Crippen LogP contribution in [-0.2, 0) is 0 Å². The molecule has 5 heteroatoms. The zero-order valence-electron chi connectivity index (χ0n) is 11.1. The Morgan fingerprint density at radius 3 is 2.84 bits per heavy atom. The number of pyridine rings is 1. The molecule has 0 amide bonds. The Morgan fingerprint density at radius 1 is 1.21 bits per heavy atom. The zero-order valence-corrected chi connectivity index (χ0v) is 11.9. The summed E-state index contributed by atoms with van der Waals surface area (Å²) in [5.41, 5.74) is 1.50. The molecule has 4 nitrogen and oxygen atoms in total. The molecular weight excluding hydrogens is 260 g/mol. The van der Waals surface area contributed by atoms with Gasteiger partial charge in [-0.1, -0.05) is 13.3 Å². The first-order valence-electron chi connectivity index (χ1n) is 6.71. The van der Waals surface area contributed by atoms with Gasteiger partial charge in [-0.15, -0.1) is 11.6 Å². The van der Waals surface area contributed by atoms with E-state index in [0.717, 1.165) is 24.3 Å². The highest BCUT2D eigenvalue weighted by molar-refractivity contribution is 6.17. The lowest BCUT2D eigenvalue weighted by Crippen LogP contribution is -2.15. The normalized spacial score (nSPS) is 12.5. The van der Waals surface area contributed by atoms with Crippen molar-refractivity contribution in [2.24, 2.45) is 5.92 Å². The molecule has 0 aliphatic rings. The topological polar surface area (TPSA) is 50.7 Å². The van der Waals surface area contributed by atoms with Gasteiger partial charge in [0.05, 0.1) is 0 Å². The van der Waals surface area contributed by atoms with E-state index in [0.29, 0.717) is 17.4 Å². The fourth-order valence-electron chi connectivity index (χ4n) is 2.11. The highest BCUT2D eigenvalue weighted by Crippen LogP contribution is 2.15. The van der Waals surface area contributed by atoms with E-state index in [1.165, 1.54) is 12.8 Å². The average molecular weight is 279 g/mol. The first-order valence-corrected chi connectivity index (χ1v) is 7.24. The molecule has 0 fully saturated rings. The van der Waals surface area contributed by atoms with E-state index < -0.39 is 0 Å². The Labute approximate surface area is 118 Å². The highest BCUT2D eigenvalue weighted by atomic mass is 35.5. The molecule has 0 bridgehead atoms. The predicted molar refractivity (Wildman–Crippen MR) is 79.6 cm³/mol. The Bertz CT molecular complexity index is 512. The van der Waals surface area contributed by atoms with E-state index in [4.69, 9.17) is 11.6 Å². The van der Waals surface area contributed by atoms with Gasteiger partial charge in [-0.3, -0.25) is 4.98 Å². The van der Waals surface area contributed by atoms with Crippen molar-refractivity contribution in [3.05, 3.63) is 24.5 Å². The molecule has 0 saturated carbocycles. The number of fused-ring (bicyclic) bond motifs is 1. The number of nitrogens with zero attached hydrogens (tertiary/aromatic N) is 3. The zero-order chi connectivity index (χ0) is 13.5. The van der Waals surface area contributed by atoms with Crippen molar-refractivity contribution < 1.29 is 0 Å². The molecule has 0 spiro atoms. The maximum Gasteiger partial charge on any atom is 0.180 e. The first kappa shape index (κ1) is 14.0. The molecule has 1 unspecified atom stereocenters. The van der Waals surface area contributed by atoms with Crippen LogP contribution in [0.5, 0.6) is 0 Å². The summed E-state index contributed by atoms with van der Waals surface area (Å²) in [6.07, 6.45) is 6.74. The molecule has 2 heterocycles. The van der Waals surface area contributed by atoms with Gasteiger partial charge < -0.3 is 5.32 Å². The third-order valence-electron chi connectivity index (χ3n) is 3.12. The van der Waals surface area contributed by atoms with Gasteiger partial charge in [0.25, 0.3) is 0 Å². The fraction of sp³-hybridized carbons (Fsp3) is 0.500. The Kier molecular flexibility index (Phi) is 5.33. The maximum atomic E-state index is 5.83. The van der Waals surface area contributed by atoms with Crippen LogP contribution in [0, 0.1) is 5.92 Å². The Hall–Kier alpha value is -1.42. The number of nitrogens with one attached hydrogen (secondary N) is 1. The first-order chi connectivity index (χ1) is 9.33. The lowest BCUT2D eigenvalue weighted by atomic mass is 10.0. The number of aromatic nitrogens is 3. The summed E-state index contributed by atoms with van der Waals surface area (Å²) in [7, 11) is 0. The van der Waals surface area contributed by atoms with Crippen molar-refractivity contribution in [3.63, 3.8) is 0 Å². The number of hydrogen-bond acceptors (Lipinski definition) is 4. The SMILES string of the molecule is CCCC(CCCl)CNc1ccc2nccnc2n1.